The van der Waals surface area contributed by atoms with Crippen molar-refractivity contribution in [1.82, 2.24) is 10.2 Å². The minimum Gasteiger partial charge on any atom is -0.496 e. The van der Waals surface area contributed by atoms with E-state index < -0.39 is 0 Å². The lowest BCUT2D eigenvalue weighted by atomic mass is 9.96. The molecular formula is C16H22N2O3. The van der Waals surface area contributed by atoms with Gasteiger partial charge in [0.15, 0.2) is 5.78 Å². The summed E-state index contributed by atoms with van der Waals surface area (Å²) in [6.45, 7) is 1.82. The third-order valence-corrected chi connectivity index (χ3v) is 3.90. The number of nitrogens with one attached hydrogen (secondary N) is 1. The summed E-state index contributed by atoms with van der Waals surface area (Å²) in [5, 5.41) is 2.69. The molecule has 0 saturated carbocycles. The number of likely N-dealkylation sites (tertiary alicyclic amines) is 1. The summed E-state index contributed by atoms with van der Waals surface area (Å²) < 4.78 is 5.23. The van der Waals surface area contributed by atoms with Crippen molar-refractivity contribution in [1.29, 1.82) is 0 Å². The van der Waals surface area contributed by atoms with Crippen molar-refractivity contribution in [3.05, 3.63) is 29.8 Å². The van der Waals surface area contributed by atoms with E-state index in [2.05, 4.69) is 10.2 Å². The van der Waals surface area contributed by atoms with Crippen LogP contribution in [-0.2, 0) is 4.79 Å². The molecule has 0 aliphatic carbocycles. The smallest absolute Gasteiger partial charge is 0.224 e. The molecule has 2 rings (SSSR count). The number of carbonyl (C=O) groups is 2. The van der Waals surface area contributed by atoms with Crippen LogP contribution in [0, 0.1) is 5.92 Å². The molecule has 0 aromatic heterocycles. The molecule has 0 radical (unpaired) electrons. The first-order valence-electron chi connectivity index (χ1n) is 7.26. The third-order valence-electron chi connectivity index (χ3n) is 3.90. The van der Waals surface area contributed by atoms with E-state index in [0.717, 1.165) is 19.4 Å². The lowest BCUT2D eigenvalue weighted by Crippen LogP contribution is -2.44. The number of piperidine rings is 1. The molecular weight excluding hydrogens is 268 g/mol. The summed E-state index contributed by atoms with van der Waals surface area (Å²) in [4.78, 5) is 26.2. The van der Waals surface area contributed by atoms with Crippen molar-refractivity contribution in [3.8, 4) is 5.75 Å². The van der Waals surface area contributed by atoms with E-state index in [1.54, 1.807) is 26.3 Å². The van der Waals surface area contributed by atoms with Crippen molar-refractivity contribution in [2.24, 2.45) is 5.92 Å². The highest BCUT2D eigenvalue weighted by molar-refractivity contribution is 6.00. The number of ketones is 1. The number of benzene rings is 1. The number of para-hydroxylation sites is 1. The van der Waals surface area contributed by atoms with Crippen LogP contribution in [0.15, 0.2) is 24.3 Å². The van der Waals surface area contributed by atoms with Gasteiger partial charge in [0.2, 0.25) is 5.91 Å². The van der Waals surface area contributed by atoms with Crippen LogP contribution >= 0.6 is 0 Å². The fraction of sp³-hybridized carbons (Fsp3) is 0.500. The number of methoxy groups -OCH3 is 1. The summed E-state index contributed by atoms with van der Waals surface area (Å²) in [5.74, 6) is 0.672. The largest absolute Gasteiger partial charge is 0.496 e. The van der Waals surface area contributed by atoms with Crippen LogP contribution < -0.4 is 10.1 Å². The molecule has 0 spiro atoms. The first-order valence-corrected chi connectivity index (χ1v) is 7.26. The number of amides is 1. The monoisotopic (exact) mass is 290 g/mol. The molecule has 1 aromatic carbocycles. The fourth-order valence-electron chi connectivity index (χ4n) is 2.78. The maximum Gasteiger partial charge on any atom is 0.224 e. The Morgan fingerprint density at radius 1 is 1.38 bits per heavy atom. The molecule has 1 heterocycles. The highest BCUT2D eigenvalue weighted by Crippen LogP contribution is 2.20. The van der Waals surface area contributed by atoms with E-state index in [4.69, 9.17) is 4.74 Å². The molecule has 1 aliphatic rings. The van der Waals surface area contributed by atoms with Gasteiger partial charge in [0.1, 0.15) is 5.75 Å². The molecule has 1 fully saturated rings. The van der Waals surface area contributed by atoms with Gasteiger partial charge in [-0.05, 0) is 31.5 Å². The van der Waals surface area contributed by atoms with Crippen molar-refractivity contribution in [3.63, 3.8) is 0 Å². The van der Waals surface area contributed by atoms with E-state index in [-0.39, 0.29) is 17.6 Å². The molecule has 21 heavy (non-hydrogen) atoms. The van der Waals surface area contributed by atoms with E-state index in [0.29, 0.717) is 24.4 Å². The lowest BCUT2D eigenvalue weighted by molar-refractivity contribution is -0.126. The second-order valence-electron chi connectivity index (χ2n) is 5.31. The highest BCUT2D eigenvalue weighted by Gasteiger charge is 2.26. The number of hydrogen-bond acceptors (Lipinski definition) is 4. The van der Waals surface area contributed by atoms with Crippen LogP contribution in [-0.4, -0.2) is 50.4 Å². The molecule has 1 amide bonds. The van der Waals surface area contributed by atoms with Gasteiger partial charge >= 0.3 is 0 Å². The SMILES string of the molecule is CNC(=O)C1CCCN(CC(=O)c2ccccc2OC)C1. The fourth-order valence-corrected chi connectivity index (χ4v) is 2.78. The number of ether oxygens (including phenoxy) is 1. The normalized spacial score (nSPS) is 19.0. The Balaban J connectivity index is 2.00. The topological polar surface area (TPSA) is 58.6 Å². The minimum atomic E-state index is -0.0192. The molecule has 5 heteroatoms. The summed E-state index contributed by atoms with van der Waals surface area (Å²) >= 11 is 0. The summed E-state index contributed by atoms with van der Waals surface area (Å²) in [6.07, 6.45) is 1.83. The van der Waals surface area contributed by atoms with Crippen LogP contribution in [0.4, 0.5) is 0 Å². The van der Waals surface area contributed by atoms with Gasteiger partial charge in [-0.3, -0.25) is 14.5 Å². The molecule has 1 unspecified atom stereocenters. The lowest BCUT2D eigenvalue weighted by Gasteiger charge is -2.31. The van der Waals surface area contributed by atoms with Crippen LogP contribution in [0.1, 0.15) is 23.2 Å². The Hall–Kier alpha value is -1.88. The quantitative estimate of drug-likeness (QED) is 0.831. The molecule has 1 N–H and O–H groups in total. The Labute approximate surface area is 125 Å². The maximum atomic E-state index is 12.4. The van der Waals surface area contributed by atoms with Crippen molar-refractivity contribution in [2.75, 3.05) is 33.8 Å². The van der Waals surface area contributed by atoms with Crippen LogP contribution in [0.25, 0.3) is 0 Å². The highest BCUT2D eigenvalue weighted by atomic mass is 16.5. The van der Waals surface area contributed by atoms with Crippen molar-refractivity contribution < 1.29 is 14.3 Å². The predicted octanol–water partition coefficient (Wildman–Crippen LogP) is 1.34. The molecule has 1 aliphatic heterocycles. The Morgan fingerprint density at radius 2 is 2.14 bits per heavy atom. The van der Waals surface area contributed by atoms with E-state index in [9.17, 15) is 9.59 Å². The molecule has 5 nitrogen and oxygen atoms in total. The van der Waals surface area contributed by atoms with Crippen molar-refractivity contribution >= 4 is 11.7 Å². The third kappa shape index (κ3) is 3.82. The van der Waals surface area contributed by atoms with Gasteiger partial charge in [-0.1, -0.05) is 12.1 Å². The summed E-state index contributed by atoms with van der Waals surface area (Å²) in [5.41, 5.74) is 0.599. The average molecular weight is 290 g/mol. The molecule has 1 aromatic rings. The second-order valence-corrected chi connectivity index (χ2v) is 5.31. The maximum absolute atomic E-state index is 12.4. The standard InChI is InChI=1S/C16H22N2O3/c1-17-16(20)12-6-5-9-18(10-12)11-14(19)13-7-3-4-8-15(13)21-2/h3-4,7-8,12H,5-6,9-11H2,1-2H3,(H,17,20). The van der Waals surface area contributed by atoms with E-state index in [1.165, 1.54) is 0 Å². The Kier molecular flexibility index (Phi) is 5.33. The number of hydrogen-bond donors (Lipinski definition) is 1. The van der Waals surface area contributed by atoms with Crippen molar-refractivity contribution in [2.45, 2.75) is 12.8 Å². The van der Waals surface area contributed by atoms with E-state index >= 15 is 0 Å². The van der Waals surface area contributed by atoms with Gasteiger partial charge in [-0.25, -0.2) is 0 Å². The average Bonchev–Trinajstić information content (AvgIpc) is 2.54. The number of rotatable bonds is 5. The Morgan fingerprint density at radius 3 is 2.86 bits per heavy atom. The zero-order valence-corrected chi connectivity index (χ0v) is 12.6. The van der Waals surface area contributed by atoms with Gasteiger partial charge in [0, 0.05) is 13.6 Å². The number of Topliss-reactive ketones (excluding diaryl/α,β-unsaturated/α-hetero) is 1. The zero-order valence-electron chi connectivity index (χ0n) is 12.6. The first-order chi connectivity index (χ1) is 10.2. The Bertz CT molecular complexity index is 516. The zero-order chi connectivity index (χ0) is 15.2. The number of nitrogens with zero attached hydrogens (tertiary/aromatic N) is 1. The van der Waals surface area contributed by atoms with Gasteiger partial charge in [-0.15, -0.1) is 0 Å². The first kappa shape index (κ1) is 15.5. The molecule has 0 bridgehead atoms. The van der Waals surface area contributed by atoms with Gasteiger partial charge in [0.25, 0.3) is 0 Å². The van der Waals surface area contributed by atoms with Gasteiger partial charge in [0.05, 0.1) is 25.1 Å². The summed E-state index contributed by atoms with van der Waals surface area (Å²) in [7, 11) is 3.22. The summed E-state index contributed by atoms with van der Waals surface area (Å²) in [6, 6.07) is 7.25. The molecule has 1 atom stereocenters. The molecule has 1 saturated heterocycles. The van der Waals surface area contributed by atoms with Crippen LogP contribution in [0.2, 0.25) is 0 Å². The predicted molar refractivity (Wildman–Crippen MR) is 80.6 cm³/mol. The van der Waals surface area contributed by atoms with Crippen LogP contribution in [0.3, 0.4) is 0 Å². The van der Waals surface area contributed by atoms with Gasteiger partial charge < -0.3 is 10.1 Å². The second kappa shape index (κ2) is 7.22. The molecule has 114 valence electrons. The van der Waals surface area contributed by atoms with Crippen LogP contribution in [0.5, 0.6) is 5.75 Å². The van der Waals surface area contributed by atoms with Gasteiger partial charge in [-0.2, -0.15) is 0 Å². The number of carbonyl (C=O) groups excluding carboxylic acids is 2. The van der Waals surface area contributed by atoms with E-state index in [1.807, 2.05) is 12.1 Å². The minimum absolute atomic E-state index is 0.0192.